The molecular weight excluding hydrogens is 564 g/mol. The van der Waals surface area contributed by atoms with Crippen molar-refractivity contribution < 1.29 is 9.59 Å². The molecule has 9 aromatic rings. The minimum atomic E-state index is -0.216. The fourth-order valence-corrected chi connectivity index (χ4v) is 7.26. The molecule has 2 N–H and O–H groups in total. The summed E-state index contributed by atoms with van der Waals surface area (Å²) in [6.45, 7) is 0.774. The lowest BCUT2D eigenvalue weighted by molar-refractivity contribution is 0.0950. The van der Waals surface area contributed by atoms with Crippen LogP contribution in [0.15, 0.2) is 133 Å². The number of rotatable bonds is 6. The Morgan fingerprint density at radius 2 is 0.739 bits per heavy atom. The molecule has 9 aromatic carbocycles. The Labute approximate surface area is 264 Å². The van der Waals surface area contributed by atoms with E-state index in [0.29, 0.717) is 24.2 Å². The van der Waals surface area contributed by atoms with Crippen LogP contribution in [0.2, 0.25) is 0 Å². The highest BCUT2D eigenvalue weighted by atomic mass is 16.2. The van der Waals surface area contributed by atoms with Gasteiger partial charge in [0.2, 0.25) is 0 Å². The van der Waals surface area contributed by atoms with Crippen LogP contribution in [-0.2, 0) is 13.1 Å². The van der Waals surface area contributed by atoms with Gasteiger partial charge in [-0.15, -0.1) is 0 Å². The lowest BCUT2D eigenvalue weighted by atomic mass is 9.92. The van der Waals surface area contributed by atoms with Gasteiger partial charge in [-0.2, -0.15) is 0 Å². The van der Waals surface area contributed by atoms with E-state index in [1.54, 1.807) is 24.3 Å². The third-order valence-electron chi connectivity index (χ3n) is 9.50. The molecule has 0 atom stereocenters. The number of carbonyl (C=O) groups excluding carboxylic acids is 2. The molecule has 4 heteroatoms. The Morgan fingerprint density at radius 3 is 1.17 bits per heavy atom. The van der Waals surface area contributed by atoms with E-state index in [2.05, 4.69) is 120 Å². The molecule has 218 valence electrons. The summed E-state index contributed by atoms with van der Waals surface area (Å²) in [5.74, 6) is -0.431. The Bertz CT molecular complexity index is 2430. The fourth-order valence-electron chi connectivity index (χ4n) is 7.26. The highest BCUT2D eigenvalue weighted by molar-refractivity contribution is 6.24. The molecule has 2 amide bonds. The summed E-state index contributed by atoms with van der Waals surface area (Å²) < 4.78 is 0. The zero-order chi connectivity index (χ0) is 30.8. The number of carbonyl (C=O) groups is 2. The molecule has 0 spiro atoms. The summed E-state index contributed by atoms with van der Waals surface area (Å²) in [6.07, 6.45) is 0. The van der Waals surface area contributed by atoms with Crippen molar-refractivity contribution in [3.05, 3.63) is 156 Å². The second-order valence-electron chi connectivity index (χ2n) is 12.1. The monoisotopic (exact) mass is 592 g/mol. The zero-order valence-electron chi connectivity index (χ0n) is 24.9. The molecule has 0 aliphatic carbocycles. The standard InChI is InChI=1S/C42H28N2O2/c45-41(43-23-33-16-14-29-12-10-25-4-1-6-27-18-20-35(33)39(29)37(25)27)31-8-3-9-32(22-31)42(46)44-24-34-17-15-30-13-11-26-5-2-7-28-19-21-36(34)40(30)38(26)28/h1-22H,23-24H2,(H,43,45)(H,44,46). The molecule has 46 heavy (non-hydrogen) atoms. The van der Waals surface area contributed by atoms with Crippen molar-refractivity contribution >= 4 is 76.4 Å². The quantitative estimate of drug-likeness (QED) is 0.189. The van der Waals surface area contributed by atoms with E-state index in [1.807, 2.05) is 0 Å². The maximum Gasteiger partial charge on any atom is 0.251 e. The smallest absolute Gasteiger partial charge is 0.251 e. The molecule has 0 aliphatic rings. The van der Waals surface area contributed by atoms with Crippen LogP contribution in [-0.4, -0.2) is 11.8 Å². The number of hydrogen-bond donors (Lipinski definition) is 2. The minimum absolute atomic E-state index is 0.216. The van der Waals surface area contributed by atoms with Crippen molar-refractivity contribution in [2.45, 2.75) is 13.1 Å². The first-order valence-electron chi connectivity index (χ1n) is 15.6. The van der Waals surface area contributed by atoms with Gasteiger partial charge in [-0.05, 0) is 94.0 Å². The molecule has 9 rings (SSSR count). The van der Waals surface area contributed by atoms with Crippen LogP contribution in [0.1, 0.15) is 31.8 Å². The molecule has 0 heterocycles. The van der Waals surface area contributed by atoms with Crippen molar-refractivity contribution in [1.82, 2.24) is 10.6 Å². The van der Waals surface area contributed by atoms with Crippen molar-refractivity contribution in [2.24, 2.45) is 0 Å². The summed E-state index contributed by atoms with van der Waals surface area (Å²) in [4.78, 5) is 26.6. The maximum absolute atomic E-state index is 13.3. The van der Waals surface area contributed by atoms with Gasteiger partial charge in [-0.3, -0.25) is 9.59 Å². The second-order valence-corrected chi connectivity index (χ2v) is 12.1. The molecule has 0 bridgehead atoms. The Balaban J connectivity index is 0.940. The van der Waals surface area contributed by atoms with E-state index in [-0.39, 0.29) is 11.8 Å². The summed E-state index contributed by atoms with van der Waals surface area (Å²) in [6, 6.07) is 45.4. The SMILES string of the molecule is O=C(NCc1ccc2ccc3cccc4ccc1c2c34)c1cccc(C(=O)NCc2ccc3ccc4cccc5ccc2c3c45)c1. The Kier molecular flexibility index (Phi) is 5.90. The third-order valence-corrected chi connectivity index (χ3v) is 9.50. The first-order valence-corrected chi connectivity index (χ1v) is 15.6. The largest absolute Gasteiger partial charge is 0.348 e. The van der Waals surface area contributed by atoms with Crippen LogP contribution >= 0.6 is 0 Å². The number of amides is 2. The average Bonchev–Trinajstić information content (AvgIpc) is 3.11. The van der Waals surface area contributed by atoms with Crippen LogP contribution in [0.25, 0.3) is 64.6 Å². The first-order chi connectivity index (χ1) is 22.6. The van der Waals surface area contributed by atoms with E-state index in [0.717, 1.165) is 21.9 Å². The number of nitrogens with one attached hydrogen (secondary N) is 2. The molecule has 0 aliphatic heterocycles. The molecule has 0 saturated carbocycles. The predicted octanol–water partition coefficient (Wildman–Crippen LogP) is 9.34. The predicted molar refractivity (Wildman–Crippen MR) is 189 cm³/mol. The van der Waals surface area contributed by atoms with Gasteiger partial charge < -0.3 is 10.6 Å². The second kappa shape index (κ2) is 10.3. The number of benzene rings is 9. The molecule has 0 aromatic heterocycles. The summed E-state index contributed by atoms with van der Waals surface area (Å²) in [7, 11) is 0. The van der Waals surface area contributed by atoms with Crippen molar-refractivity contribution in [3.8, 4) is 0 Å². The lowest BCUT2D eigenvalue weighted by Gasteiger charge is -2.15. The van der Waals surface area contributed by atoms with Crippen LogP contribution in [0.3, 0.4) is 0 Å². The fraction of sp³-hybridized carbons (Fsp3) is 0.0476. The summed E-state index contributed by atoms with van der Waals surface area (Å²) in [5.41, 5.74) is 3.02. The van der Waals surface area contributed by atoms with Gasteiger partial charge in [0.15, 0.2) is 0 Å². The van der Waals surface area contributed by atoms with Crippen molar-refractivity contribution in [2.75, 3.05) is 0 Å². The highest BCUT2D eigenvalue weighted by Crippen LogP contribution is 2.37. The van der Waals surface area contributed by atoms with Crippen LogP contribution in [0.4, 0.5) is 0 Å². The van der Waals surface area contributed by atoms with E-state index in [4.69, 9.17) is 0 Å². The normalized spacial score (nSPS) is 11.8. The summed E-state index contributed by atoms with van der Waals surface area (Å²) >= 11 is 0. The minimum Gasteiger partial charge on any atom is -0.348 e. The molecule has 0 radical (unpaired) electrons. The van der Waals surface area contributed by atoms with Gasteiger partial charge in [0.25, 0.3) is 11.8 Å². The molecule has 0 saturated heterocycles. The van der Waals surface area contributed by atoms with Crippen LogP contribution in [0.5, 0.6) is 0 Å². The van der Waals surface area contributed by atoms with Gasteiger partial charge in [0, 0.05) is 24.2 Å². The first kappa shape index (κ1) is 26.4. The van der Waals surface area contributed by atoms with Gasteiger partial charge in [-0.25, -0.2) is 0 Å². The lowest BCUT2D eigenvalue weighted by Crippen LogP contribution is -2.25. The van der Waals surface area contributed by atoms with E-state index >= 15 is 0 Å². The van der Waals surface area contributed by atoms with Gasteiger partial charge >= 0.3 is 0 Å². The maximum atomic E-state index is 13.3. The van der Waals surface area contributed by atoms with E-state index in [9.17, 15) is 9.59 Å². The zero-order valence-corrected chi connectivity index (χ0v) is 24.9. The Morgan fingerprint density at radius 1 is 0.391 bits per heavy atom. The molecular formula is C42H28N2O2. The van der Waals surface area contributed by atoms with E-state index in [1.165, 1.54) is 53.9 Å². The van der Waals surface area contributed by atoms with Gasteiger partial charge in [0.05, 0.1) is 0 Å². The summed E-state index contributed by atoms with van der Waals surface area (Å²) in [5, 5.41) is 20.7. The van der Waals surface area contributed by atoms with Crippen molar-refractivity contribution in [1.29, 1.82) is 0 Å². The highest BCUT2D eigenvalue weighted by Gasteiger charge is 2.15. The Hall–Kier alpha value is -6.00. The topological polar surface area (TPSA) is 58.2 Å². The molecule has 0 fully saturated rings. The average molecular weight is 593 g/mol. The van der Waals surface area contributed by atoms with Crippen LogP contribution < -0.4 is 10.6 Å². The van der Waals surface area contributed by atoms with Gasteiger partial charge in [-0.1, -0.05) is 115 Å². The van der Waals surface area contributed by atoms with Gasteiger partial charge in [0.1, 0.15) is 0 Å². The molecule has 0 unspecified atom stereocenters. The van der Waals surface area contributed by atoms with Crippen LogP contribution in [0, 0.1) is 0 Å². The van der Waals surface area contributed by atoms with E-state index < -0.39 is 0 Å². The number of hydrogen-bond acceptors (Lipinski definition) is 2. The third kappa shape index (κ3) is 4.15. The van der Waals surface area contributed by atoms with Crippen molar-refractivity contribution in [3.63, 3.8) is 0 Å². The molecule has 4 nitrogen and oxygen atoms in total.